The molecule has 0 aliphatic heterocycles. The lowest BCUT2D eigenvalue weighted by Crippen LogP contribution is -2.42. The first-order valence-corrected chi connectivity index (χ1v) is 6.95. The number of hydrogen-bond acceptors (Lipinski definition) is 4. The molecular formula is C15H19N5O2. The van der Waals surface area contributed by atoms with Gasteiger partial charge in [0, 0.05) is 25.5 Å². The third kappa shape index (κ3) is 4.16. The van der Waals surface area contributed by atoms with Gasteiger partial charge in [-0.1, -0.05) is 12.1 Å². The van der Waals surface area contributed by atoms with Crippen molar-refractivity contribution in [2.24, 2.45) is 0 Å². The highest BCUT2D eigenvalue weighted by Gasteiger charge is 2.09. The van der Waals surface area contributed by atoms with Gasteiger partial charge in [-0.2, -0.15) is 5.10 Å². The molecule has 3 N–H and O–H groups in total. The highest BCUT2D eigenvalue weighted by Crippen LogP contribution is 2.15. The molecule has 116 valence electrons. The van der Waals surface area contributed by atoms with Gasteiger partial charge >= 0.3 is 6.03 Å². The lowest BCUT2D eigenvalue weighted by Gasteiger charge is -2.14. The van der Waals surface area contributed by atoms with Crippen molar-refractivity contribution < 1.29 is 9.59 Å². The minimum absolute atomic E-state index is 0.0119. The zero-order chi connectivity index (χ0) is 15.9. The van der Waals surface area contributed by atoms with Crippen LogP contribution in [0, 0.1) is 0 Å². The summed E-state index contributed by atoms with van der Waals surface area (Å²) in [5.41, 5.74) is 2.02. The van der Waals surface area contributed by atoms with Gasteiger partial charge in [0.25, 0.3) is 0 Å². The molecule has 0 radical (unpaired) electrons. The summed E-state index contributed by atoms with van der Waals surface area (Å²) in [5, 5.41) is 11.8. The Hall–Kier alpha value is -2.67. The third-order valence-corrected chi connectivity index (χ3v) is 3.21. The zero-order valence-electron chi connectivity index (χ0n) is 12.5. The Balaban J connectivity index is 1.89. The Labute approximate surface area is 128 Å². The fraction of sp³-hybridized carbons (Fsp3) is 0.267. The first kappa shape index (κ1) is 15.7. The molecule has 2 rings (SSSR count). The summed E-state index contributed by atoms with van der Waals surface area (Å²) in [4.78, 5) is 22.5. The van der Waals surface area contributed by atoms with E-state index in [9.17, 15) is 9.59 Å². The Kier molecular flexibility index (Phi) is 5.26. The van der Waals surface area contributed by atoms with Crippen LogP contribution in [-0.4, -0.2) is 35.3 Å². The normalized spacial score (nSPS) is 11.7. The third-order valence-electron chi connectivity index (χ3n) is 3.21. The SMILES string of the molecule is CNC(=O)NC(=O)CN[C@@H](C)c1ccc(-n2cccn2)cc1. The van der Waals surface area contributed by atoms with E-state index in [2.05, 4.69) is 21.0 Å². The van der Waals surface area contributed by atoms with Gasteiger partial charge in [0.05, 0.1) is 12.2 Å². The molecule has 7 heteroatoms. The average molecular weight is 301 g/mol. The summed E-state index contributed by atoms with van der Waals surface area (Å²) in [6, 6.07) is 9.22. The van der Waals surface area contributed by atoms with Crippen LogP contribution in [-0.2, 0) is 4.79 Å². The monoisotopic (exact) mass is 301 g/mol. The summed E-state index contributed by atoms with van der Waals surface area (Å²) >= 11 is 0. The molecule has 22 heavy (non-hydrogen) atoms. The first-order valence-electron chi connectivity index (χ1n) is 6.95. The second-order valence-corrected chi connectivity index (χ2v) is 4.77. The van der Waals surface area contributed by atoms with E-state index in [4.69, 9.17) is 0 Å². The van der Waals surface area contributed by atoms with E-state index in [1.165, 1.54) is 7.05 Å². The van der Waals surface area contributed by atoms with E-state index >= 15 is 0 Å². The van der Waals surface area contributed by atoms with Gasteiger partial charge < -0.3 is 10.6 Å². The standard InChI is InChI=1S/C15H19N5O2/c1-11(17-10-14(21)19-15(22)16-2)12-4-6-13(7-5-12)20-9-3-8-18-20/h3-9,11,17H,10H2,1-2H3,(H2,16,19,21,22)/t11-/m0/s1. The van der Waals surface area contributed by atoms with Gasteiger partial charge in [-0.05, 0) is 30.7 Å². The van der Waals surface area contributed by atoms with Crippen LogP contribution >= 0.6 is 0 Å². The number of imide groups is 1. The Morgan fingerprint density at radius 1 is 1.27 bits per heavy atom. The molecule has 1 heterocycles. The molecule has 1 atom stereocenters. The highest BCUT2D eigenvalue weighted by molar-refractivity contribution is 5.95. The van der Waals surface area contributed by atoms with Crippen LogP contribution in [0.15, 0.2) is 42.7 Å². The summed E-state index contributed by atoms with van der Waals surface area (Å²) in [6.07, 6.45) is 3.60. The molecule has 1 aromatic heterocycles. The van der Waals surface area contributed by atoms with Gasteiger partial charge in [0.2, 0.25) is 5.91 Å². The maximum Gasteiger partial charge on any atom is 0.321 e. The molecule has 0 unspecified atom stereocenters. The quantitative estimate of drug-likeness (QED) is 0.768. The number of amides is 3. The molecule has 0 aliphatic rings. The average Bonchev–Trinajstić information content (AvgIpc) is 3.07. The number of carbonyl (C=O) groups is 2. The number of urea groups is 1. The second-order valence-electron chi connectivity index (χ2n) is 4.77. The summed E-state index contributed by atoms with van der Waals surface area (Å²) in [5.74, 6) is -0.376. The Morgan fingerprint density at radius 2 is 2.00 bits per heavy atom. The molecule has 7 nitrogen and oxygen atoms in total. The maximum absolute atomic E-state index is 11.5. The highest BCUT2D eigenvalue weighted by atomic mass is 16.2. The molecular weight excluding hydrogens is 282 g/mol. The second kappa shape index (κ2) is 7.37. The molecule has 3 amide bonds. The summed E-state index contributed by atoms with van der Waals surface area (Å²) in [7, 11) is 1.46. The lowest BCUT2D eigenvalue weighted by atomic mass is 10.1. The molecule has 0 saturated carbocycles. The fourth-order valence-electron chi connectivity index (χ4n) is 1.93. The van der Waals surface area contributed by atoms with Crippen molar-refractivity contribution >= 4 is 11.9 Å². The van der Waals surface area contributed by atoms with Gasteiger partial charge in [-0.15, -0.1) is 0 Å². The van der Waals surface area contributed by atoms with Crippen molar-refractivity contribution in [3.63, 3.8) is 0 Å². The van der Waals surface area contributed by atoms with Crippen molar-refractivity contribution in [2.45, 2.75) is 13.0 Å². The van der Waals surface area contributed by atoms with Crippen LogP contribution in [0.4, 0.5) is 4.79 Å². The number of benzene rings is 1. The number of rotatable bonds is 5. The van der Waals surface area contributed by atoms with Crippen molar-refractivity contribution in [1.82, 2.24) is 25.7 Å². The van der Waals surface area contributed by atoms with E-state index in [0.29, 0.717) is 0 Å². The molecule has 2 aromatic rings. The number of nitrogens with one attached hydrogen (secondary N) is 3. The Bertz CT molecular complexity index is 622. The van der Waals surface area contributed by atoms with Crippen LogP contribution in [0.5, 0.6) is 0 Å². The van der Waals surface area contributed by atoms with Crippen molar-refractivity contribution in [3.05, 3.63) is 48.3 Å². The number of hydrogen-bond donors (Lipinski definition) is 3. The summed E-state index contributed by atoms with van der Waals surface area (Å²) < 4.78 is 1.78. The smallest absolute Gasteiger partial charge is 0.321 e. The van der Waals surface area contributed by atoms with Crippen molar-refractivity contribution in [3.8, 4) is 5.69 Å². The summed E-state index contributed by atoms with van der Waals surface area (Å²) in [6.45, 7) is 2.02. The van der Waals surface area contributed by atoms with E-state index in [1.807, 2.05) is 43.5 Å². The van der Waals surface area contributed by atoms with E-state index in [-0.39, 0.29) is 18.5 Å². The van der Waals surface area contributed by atoms with Crippen molar-refractivity contribution in [1.29, 1.82) is 0 Å². The van der Waals surface area contributed by atoms with Crippen LogP contribution in [0.1, 0.15) is 18.5 Å². The molecule has 0 saturated heterocycles. The lowest BCUT2D eigenvalue weighted by molar-refractivity contribution is -0.119. The van der Waals surface area contributed by atoms with E-state index in [0.717, 1.165) is 11.3 Å². The zero-order valence-corrected chi connectivity index (χ0v) is 12.5. The van der Waals surface area contributed by atoms with E-state index < -0.39 is 6.03 Å². The predicted octanol–water partition coefficient (Wildman–Crippen LogP) is 0.978. The number of aromatic nitrogens is 2. The fourth-order valence-corrected chi connectivity index (χ4v) is 1.93. The Morgan fingerprint density at radius 3 is 2.59 bits per heavy atom. The largest absolute Gasteiger partial charge is 0.341 e. The van der Waals surface area contributed by atoms with Gasteiger partial charge in [0.15, 0.2) is 0 Å². The van der Waals surface area contributed by atoms with E-state index in [1.54, 1.807) is 10.9 Å². The molecule has 0 fully saturated rings. The molecule has 0 aliphatic carbocycles. The number of carbonyl (C=O) groups excluding carboxylic acids is 2. The van der Waals surface area contributed by atoms with Crippen LogP contribution in [0.2, 0.25) is 0 Å². The predicted molar refractivity (Wildman–Crippen MR) is 82.6 cm³/mol. The van der Waals surface area contributed by atoms with Crippen LogP contribution in [0.25, 0.3) is 5.69 Å². The topological polar surface area (TPSA) is 88.0 Å². The number of nitrogens with zero attached hydrogens (tertiary/aromatic N) is 2. The van der Waals surface area contributed by atoms with Crippen LogP contribution < -0.4 is 16.0 Å². The van der Waals surface area contributed by atoms with Crippen LogP contribution in [0.3, 0.4) is 0 Å². The first-order chi connectivity index (χ1) is 10.6. The van der Waals surface area contributed by atoms with Crippen molar-refractivity contribution in [2.75, 3.05) is 13.6 Å². The van der Waals surface area contributed by atoms with Gasteiger partial charge in [-0.25, -0.2) is 9.48 Å². The minimum atomic E-state index is -0.511. The van der Waals surface area contributed by atoms with Gasteiger partial charge in [0.1, 0.15) is 0 Å². The molecule has 0 spiro atoms. The minimum Gasteiger partial charge on any atom is -0.341 e. The molecule has 1 aromatic carbocycles. The van der Waals surface area contributed by atoms with Gasteiger partial charge in [-0.3, -0.25) is 10.1 Å². The maximum atomic E-state index is 11.5. The molecule has 0 bridgehead atoms.